The molecule has 0 saturated heterocycles. The highest BCUT2D eigenvalue weighted by Crippen LogP contribution is 2.29. The van der Waals surface area contributed by atoms with Crippen LogP contribution in [0, 0.1) is 0 Å². The summed E-state index contributed by atoms with van der Waals surface area (Å²) in [5, 5.41) is 11.1. The molecular weight excluding hydrogens is 292 g/mol. The van der Waals surface area contributed by atoms with Crippen molar-refractivity contribution in [2.24, 2.45) is 0 Å². The van der Waals surface area contributed by atoms with E-state index in [4.69, 9.17) is 5.11 Å². The van der Waals surface area contributed by atoms with Gasteiger partial charge in [-0.25, -0.2) is 4.79 Å². The van der Waals surface area contributed by atoms with Crippen molar-refractivity contribution in [3.63, 3.8) is 0 Å². The number of nitrogens with zero attached hydrogens (tertiary/aromatic N) is 1. The lowest BCUT2D eigenvalue weighted by atomic mass is 10.00. The predicted octanol–water partition coefficient (Wildman–Crippen LogP) is 2.06. The molecule has 0 aromatic heterocycles. The number of aliphatic hydroxyl groups excluding tert-OH is 1. The Hall–Kier alpha value is -0.200. The van der Waals surface area contributed by atoms with E-state index < -0.39 is 0 Å². The molecule has 0 radical (unpaired) electrons. The maximum Gasteiger partial charge on any atom is 0.327 e. The van der Waals surface area contributed by atoms with E-state index in [-0.39, 0.29) is 19.2 Å². The number of urea groups is 1. The Labute approximate surface area is 110 Å². The minimum atomic E-state index is -0.268. The third-order valence-electron chi connectivity index (χ3n) is 2.47. The minimum absolute atomic E-state index is 0.0558. The second-order valence-electron chi connectivity index (χ2n) is 3.73. The van der Waals surface area contributed by atoms with Crippen LogP contribution in [0.4, 0.5) is 4.79 Å². The Morgan fingerprint density at radius 3 is 2.81 bits per heavy atom. The van der Waals surface area contributed by atoms with Crippen LogP contribution in [0.2, 0.25) is 0 Å². The van der Waals surface area contributed by atoms with E-state index in [1.54, 1.807) is 0 Å². The average molecular weight is 309 g/mol. The molecule has 1 rings (SSSR count). The van der Waals surface area contributed by atoms with Gasteiger partial charge in [-0.1, -0.05) is 28.7 Å². The standard InChI is InChI=1S/C10H17BrN2O2S/c11-9-4-2-1-3-8(9)7-13(16)10(15)12-5-6-14/h14,16H,1-7H2,(H,12,15). The zero-order chi connectivity index (χ0) is 12.0. The number of amides is 2. The quantitative estimate of drug-likeness (QED) is 0.696. The lowest BCUT2D eigenvalue weighted by Gasteiger charge is -2.22. The monoisotopic (exact) mass is 308 g/mol. The van der Waals surface area contributed by atoms with Gasteiger partial charge < -0.3 is 10.4 Å². The Balaban J connectivity index is 2.43. The number of nitrogens with one attached hydrogen (secondary N) is 1. The van der Waals surface area contributed by atoms with Crippen molar-refractivity contribution in [2.45, 2.75) is 25.7 Å². The number of carbonyl (C=O) groups excluding carboxylic acids is 1. The summed E-state index contributed by atoms with van der Waals surface area (Å²) >= 11 is 7.67. The Bertz CT molecular complexity index is 284. The van der Waals surface area contributed by atoms with Crippen LogP contribution >= 0.6 is 28.7 Å². The van der Waals surface area contributed by atoms with Crippen molar-refractivity contribution in [3.8, 4) is 0 Å². The molecule has 0 bridgehead atoms. The molecule has 0 saturated carbocycles. The van der Waals surface area contributed by atoms with Crippen molar-refractivity contribution in [1.82, 2.24) is 9.62 Å². The number of allylic oxidation sites excluding steroid dienone is 1. The van der Waals surface area contributed by atoms with Crippen molar-refractivity contribution in [1.29, 1.82) is 0 Å². The molecule has 0 aromatic carbocycles. The van der Waals surface area contributed by atoms with E-state index >= 15 is 0 Å². The van der Waals surface area contributed by atoms with E-state index in [0.29, 0.717) is 6.54 Å². The summed E-state index contributed by atoms with van der Waals surface area (Å²) < 4.78 is 2.55. The molecule has 0 fully saturated rings. The largest absolute Gasteiger partial charge is 0.395 e. The second kappa shape index (κ2) is 7.19. The predicted molar refractivity (Wildman–Crippen MR) is 70.6 cm³/mol. The number of aliphatic hydroxyl groups is 1. The first-order valence-electron chi connectivity index (χ1n) is 5.36. The van der Waals surface area contributed by atoms with Gasteiger partial charge in [-0.05, 0) is 35.7 Å². The van der Waals surface area contributed by atoms with Crippen LogP contribution in [0.3, 0.4) is 0 Å². The molecule has 4 nitrogen and oxygen atoms in total. The SMILES string of the molecule is O=C(NCCO)N(S)CC1=C(Br)CCCC1. The molecule has 16 heavy (non-hydrogen) atoms. The number of rotatable bonds is 4. The summed E-state index contributed by atoms with van der Waals surface area (Å²) in [6.07, 6.45) is 4.44. The van der Waals surface area contributed by atoms with Crippen LogP contribution in [0.25, 0.3) is 0 Å². The highest BCUT2D eigenvalue weighted by atomic mass is 79.9. The number of hydrogen-bond donors (Lipinski definition) is 3. The van der Waals surface area contributed by atoms with Crippen molar-refractivity contribution in [3.05, 3.63) is 10.1 Å². The maximum atomic E-state index is 11.5. The van der Waals surface area contributed by atoms with E-state index in [1.807, 2.05) is 0 Å². The van der Waals surface area contributed by atoms with Crippen LogP contribution in [-0.2, 0) is 0 Å². The van der Waals surface area contributed by atoms with Crippen molar-refractivity contribution in [2.75, 3.05) is 19.7 Å². The summed E-state index contributed by atoms with van der Waals surface area (Å²) in [6.45, 7) is 0.733. The maximum absolute atomic E-state index is 11.5. The molecule has 1 aliphatic carbocycles. The van der Waals surface area contributed by atoms with Gasteiger partial charge in [0, 0.05) is 6.54 Å². The Morgan fingerprint density at radius 1 is 1.50 bits per heavy atom. The average Bonchev–Trinajstić information content (AvgIpc) is 2.28. The van der Waals surface area contributed by atoms with E-state index in [0.717, 1.165) is 12.8 Å². The molecule has 0 spiro atoms. The molecule has 0 unspecified atom stereocenters. The van der Waals surface area contributed by atoms with Gasteiger partial charge in [-0.3, -0.25) is 4.31 Å². The van der Waals surface area contributed by atoms with E-state index in [2.05, 4.69) is 34.1 Å². The van der Waals surface area contributed by atoms with Crippen LogP contribution in [-0.4, -0.2) is 35.1 Å². The van der Waals surface area contributed by atoms with Gasteiger partial charge in [0.2, 0.25) is 0 Å². The van der Waals surface area contributed by atoms with Crippen LogP contribution in [0.15, 0.2) is 10.1 Å². The Morgan fingerprint density at radius 2 is 2.19 bits per heavy atom. The highest BCUT2D eigenvalue weighted by molar-refractivity contribution is 9.11. The number of carbonyl (C=O) groups is 1. The first-order valence-corrected chi connectivity index (χ1v) is 6.56. The fraction of sp³-hybridized carbons (Fsp3) is 0.700. The molecule has 0 atom stereocenters. The Kier molecular flexibility index (Phi) is 6.23. The number of halogens is 1. The van der Waals surface area contributed by atoms with Crippen molar-refractivity contribution < 1.29 is 9.90 Å². The fourth-order valence-electron chi connectivity index (χ4n) is 1.60. The summed E-state index contributed by atoms with van der Waals surface area (Å²) in [6, 6.07) is -0.268. The zero-order valence-corrected chi connectivity index (χ0v) is 11.6. The second-order valence-corrected chi connectivity index (χ2v) is 5.17. The molecule has 0 aliphatic heterocycles. The molecule has 0 heterocycles. The third kappa shape index (κ3) is 4.35. The fourth-order valence-corrected chi connectivity index (χ4v) is 2.45. The molecule has 2 amide bonds. The molecule has 92 valence electrons. The minimum Gasteiger partial charge on any atom is -0.395 e. The number of hydrogen-bond acceptors (Lipinski definition) is 3. The van der Waals surface area contributed by atoms with Crippen LogP contribution < -0.4 is 5.32 Å². The van der Waals surface area contributed by atoms with E-state index in [1.165, 1.54) is 27.2 Å². The van der Waals surface area contributed by atoms with Gasteiger partial charge in [0.1, 0.15) is 0 Å². The third-order valence-corrected chi connectivity index (χ3v) is 3.75. The summed E-state index contributed by atoms with van der Waals surface area (Å²) in [5.41, 5.74) is 1.24. The molecule has 6 heteroatoms. The lowest BCUT2D eigenvalue weighted by Crippen LogP contribution is -2.36. The molecule has 2 N–H and O–H groups in total. The smallest absolute Gasteiger partial charge is 0.327 e. The molecular formula is C10H17BrN2O2S. The highest BCUT2D eigenvalue weighted by Gasteiger charge is 2.15. The molecule has 1 aliphatic rings. The normalized spacial score (nSPS) is 16.2. The van der Waals surface area contributed by atoms with Crippen molar-refractivity contribution >= 4 is 34.8 Å². The van der Waals surface area contributed by atoms with Crippen LogP contribution in [0.5, 0.6) is 0 Å². The first-order chi connectivity index (χ1) is 7.65. The van der Waals surface area contributed by atoms with Gasteiger partial charge in [0.25, 0.3) is 0 Å². The van der Waals surface area contributed by atoms with Gasteiger partial charge in [0.05, 0.1) is 13.2 Å². The summed E-state index contributed by atoms with van der Waals surface area (Å²) in [5.74, 6) is 0. The number of thiol groups is 1. The lowest BCUT2D eigenvalue weighted by molar-refractivity contribution is 0.222. The van der Waals surface area contributed by atoms with E-state index in [9.17, 15) is 4.79 Å². The topological polar surface area (TPSA) is 52.6 Å². The van der Waals surface area contributed by atoms with Gasteiger partial charge in [-0.15, -0.1) is 0 Å². The first kappa shape index (κ1) is 13.9. The summed E-state index contributed by atoms with van der Waals surface area (Å²) in [7, 11) is 0. The van der Waals surface area contributed by atoms with Gasteiger partial charge in [-0.2, -0.15) is 0 Å². The summed E-state index contributed by atoms with van der Waals surface area (Å²) in [4.78, 5) is 11.5. The zero-order valence-electron chi connectivity index (χ0n) is 9.08. The molecule has 0 aromatic rings. The van der Waals surface area contributed by atoms with Gasteiger partial charge >= 0.3 is 6.03 Å². The van der Waals surface area contributed by atoms with Crippen LogP contribution in [0.1, 0.15) is 25.7 Å². The van der Waals surface area contributed by atoms with Gasteiger partial charge in [0.15, 0.2) is 0 Å².